The number of aromatic nitrogens is 2. The molecule has 2 aromatic rings. The van der Waals surface area contributed by atoms with E-state index in [1.165, 1.54) is 6.20 Å². The van der Waals surface area contributed by atoms with Gasteiger partial charge in [-0.3, -0.25) is 9.78 Å². The van der Waals surface area contributed by atoms with Crippen molar-refractivity contribution in [3.05, 3.63) is 54.0 Å². The first-order valence-electron chi connectivity index (χ1n) is 5.84. The molecule has 1 atom stereocenters. The predicted molar refractivity (Wildman–Crippen MR) is 72.2 cm³/mol. The molecular formula is C13H15N5O. The van der Waals surface area contributed by atoms with Crippen LogP contribution in [0.1, 0.15) is 28.9 Å². The number of hydrazine groups is 1. The van der Waals surface area contributed by atoms with Crippen LogP contribution in [0.15, 0.2) is 42.9 Å². The highest BCUT2D eigenvalue weighted by atomic mass is 16.1. The van der Waals surface area contributed by atoms with Crippen molar-refractivity contribution >= 4 is 11.7 Å². The molecule has 0 aliphatic heterocycles. The summed E-state index contributed by atoms with van der Waals surface area (Å²) in [6.07, 6.45) is 4.95. The van der Waals surface area contributed by atoms with Crippen LogP contribution in [0.25, 0.3) is 0 Å². The fourth-order valence-electron chi connectivity index (χ4n) is 1.65. The molecule has 1 amide bonds. The minimum atomic E-state index is -0.185. The molecule has 2 heterocycles. The van der Waals surface area contributed by atoms with Gasteiger partial charge in [0.15, 0.2) is 0 Å². The summed E-state index contributed by atoms with van der Waals surface area (Å²) in [7, 11) is 0. The molecule has 1 unspecified atom stereocenters. The van der Waals surface area contributed by atoms with Crippen molar-refractivity contribution in [1.82, 2.24) is 15.3 Å². The number of pyridine rings is 2. The highest BCUT2D eigenvalue weighted by Crippen LogP contribution is 2.12. The zero-order valence-electron chi connectivity index (χ0n) is 10.5. The van der Waals surface area contributed by atoms with Gasteiger partial charge in [-0.1, -0.05) is 6.07 Å². The van der Waals surface area contributed by atoms with Gasteiger partial charge in [0.1, 0.15) is 5.82 Å². The smallest absolute Gasteiger partial charge is 0.251 e. The summed E-state index contributed by atoms with van der Waals surface area (Å²) >= 11 is 0. The van der Waals surface area contributed by atoms with Crippen LogP contribution >= 0.6 is 0 Å². The van der Waals surface area contributed by atoms with E-state index in [9.17, 15) is 4.79 Å². The molecule has 2 aromatic heterocycles. The number of rotatable bonds is 4. The van der Waals surface area contributed by atoms with Gasteiger partial charge in [-0.15, -0.1) is 0 Å². The second kappa shape index (κ2) is 5.92. The van der Waals surface area contributed by atoms with Crippen molar-refractivity contribution in [2.45, 2.75) is 13.0 Å². The van der Waals surface area contributed by atoms with E-state index in [1.807, 2.05) is 19.1 Å². The van der Waals surface area contributed by atoms with Crippen LogP contribution in [-0.4, -0.2) is 15.9 Å². The number of nitrogens with one attached hydrogen (secondary N) is 2. The van der Waals surface area contributed by atoms with E-state index in [4.69, 9.17) is 5.84 Å². The van der Waals surface area contributed by atoms with E-state index in [2.05, 4.69) is 20.7 Å². The van der Waals surface area contributed by atoms with Crippen molar-refractivity contribution in [2.24, 2.45) is 5.84 Å². The second-order valence-corrected chi connectivity index (χ2v) is 4.06. The van der Waals surface area contributed by atoms with E-state index in [0.29, 0.717) is 11.4 Å². The van der Waals surface area contributed by atoms with Gasteiger partial charge in [0, 0.05) is 24.2 Å². The Morgan fingerprint density at radius 1 is 1.37 bits per heavy atom. The Morgan fingerprint density at radius 2 is 2.21 bits per heavy atom. The monoisotopic (exact) mass is 257 g/mol. The lowest BCUT2D eigenvalue weighted by atomic mass is 10.1. The van der Waals surface area contributed by atoms with E-state index < -0.39 is 0 Å². The number of amides is 1. The predicted octanol–water partition coefficient (Wildman–Crippen LogP) is 1.25. The minimum Gasteiger partial charge on any atom is -0.345 e. The normalized spacial score (nSPS) is 11.7. The summed E-state index contributed by atoms with van der Waals surface area (Å²) in [6.45, 7) is 1.90. The molecule has 0 radical (unpaired) electrons. The Balaban J connectivity index is 2.08. The van der Waals surface area contributed by atoms with Gasteiger partial charge in [-0.25, -0.2) is 10.8 Å². The quantitative estimate of drug-likeness (QED) is 0.566. The molecule has 0 bridgehead atoms. The number of carbonyl (C=O) groups excluding carboxylic acids is 1. The summed E-state index contributed by atoms with van der Waals surface area (Å²) in [5, 5.41) is 2.89. The number of hydrogen-bond acceptors (Lipinski definition) is 5. The molecule has 98 valence electrons. The Kier molecular flexibility index (Phi) is 4.04. The maximum atomic E-state index is 12.1. The SMILES string of the molecule is CC(NC(=O)c1ccnc(NN)c1)c1cccnc1. The van der Waals surface area contributed by atoms with E-state index >= 15 is 0 Å². The highest BCUT2D eigenvalue weighted by molar-refractivity contribution is 5.95. The van der Waals surface area contributed by atoms with Gasteiger partial charge in [0.05, 0.1) is 6.04 Å². The number of nitrogens with two attached hydrogens (primary N) is 1. The highest BCUT2D eigenvalue weighted by Gasteiger charge is 2.11. The maximum absolute atomic E-state index is 12.1. The van der Waals surface area contributed by atoms with Gasteiger partial charge in [-0.05, 0) is 30.7 Å². The molecule has 0 saturated heterocycles. The van der Waals surface area contributed by atoms with Gasteiger partial charge < -0.3 is 10.7 Å². The Labute approximate surface area is 111 Å². The summed E-state index contributed by atoms with van der Waals surface area (Å²) in [5.41, 5.74) is 3.85. The number of anilines is 1. The van der Waals surface area contributed by atoms with Crippen LogP contribution in [0.4, 0.5) is 5.82 Å². The van der Waals surface area contributed by atoms with Crippen LogP contribution in [0.3, 0.4) is 0 Å². The van der Waals surface area contributed by atoms with Gasteiger partial charge >= 0.3 is 0 Å². The number of hydrogen-bond donors (Lipinski definition) is 3. The number of nitrogen functional groups attached to an aromatic ring is 1. The first-order chi connectivity index (χ1) is 9.20. The van der Waals surface area contributed by atoms with Gasteiger partial charge in [-0.2, -0.15) is 0 Å². The van der Waals surface area contributed by atoms with Crippen molar-refractivity contribution in [1.29, 1.82) is 0 Å². The van der Waals surface area contributed by atoms with Gasteiger partial charge in [0.2, 0.25) is 0 Å². The van der Waals surface area contributed by atoms with Crippen molar-refractivity contribution < 1.29 is 4.79 Å². The Hall–Kier alpha value is -2.47. The van der Waals surface area contributed by atoms with Crippen molar-refractivity contribution in [3.8, 4) is 0 Å². The average Bonchev–Trinajstić information content (AvgIpc) is 2.48. The summed E-state index contributed by atoms with van der Waals surface area (Å²) in [4.78, 5) is 20.0. The van der Waals surface area contributed by atoms with E-state index in [-0.39, 0.29) is 11.9 Å². The zero-order valence-corrected chi connectivity index (χ0v) is 10.5. The van der Waals surface area contributed by atoms with Crippen LogP contribution in [0.5, 0.6) is 0 Å². The van der Waals surface area contributed by atoms with Crippen LogP contribution in [0, 0.1) is 0 Å². The molecule has 0 aliphatic carbocycles. The molecule has 19 heavy (non-hydrogen) atoms. The number of nitrogens with zero attached hydrogens (tertiary/aromatic N) is 2. The fourth-order valence-corrected chi connectivity index (χ4v) is 1.65. The van der Waals surface area contributed by atoms with Crippen LogP contribution in [0.2, 0.25) is 0 Å². The molecule has 2 rings (SSSR count). The molecule has 6 nitrogen and oxygen atoms in total. The topological polar surface area (TPSA) is 92.9 Å². The zero-order chi connectivity index (χ0) is 13.7. The maximum Gasteiger partial charge on any atom is 0.251 e. The van der Waals surface area contributed by atoms with Gasteiger partial charge in [0.25, 0.3) is 5.91 Å². The van der Waals surface area contributed by atoms with Crippen LogP contribution in [-0.2, 0) is 0 Å². The molecular weight excluding hydrogens is 242 g/mol. The van der Waals surface area contributed by atoms with Crippen molar-refractivity contribution in [3.63, 3.8) is 0 Å². The van der Waals surface area contributed by atoms with E-state index in [0.717, 1.165) is 5.56 Å². The third-order valence-corrected chi connectivity index (χ3v) is 2.70. The molecule has 6 heteroatoms. The standard InChI is InChI=1S/C13H15N5O/c1-9(11-3-2-5-15-8-11)17-13(19)10-4-6-16-12(7-10)18-14/h2-9H,14H2,1H3,(H,16,18)(H,17,19). The minimum absolute atomic E-state index is 0.122. The summed E-state index contributed by atoms with van der Waals surface area (Å²) < 4.78 is 0. The lowest BCUT2D eigenvalue weighted by Crippen LogP contribution is -2.27. The second-order valence-electron chi connectivity index (χ2n) is 4.06. The molecule has 0 aliphatic rings. The fraction of sp³-hybridized carbons (Fsp3) is 0.154. The first-order valence-corrected chi connectivity index (χ1v) is 5.84. The lowest BCUT2D eigenvalue weighted by molar-refractivity contribution is 0.0940. The Morgan fingerprint density at radius 3 is 2.89 bits per heavy atom. The number of carbonyl (C=O) groups is 1. The molecule has 4 N–H and O–H groups in total. The third-order valence-electron chi connectivity index (χ3n) is 2.70. The molecule has 0 spiro atoms. The van der Waals surface area contributed by atoms with Crippen LogP contribution < -0.4 is 16.6 Å². The average molecular weight is 257 g/mol. The molecule has 0 aromatic carbocycles. The summed E-state index contributed by atoms with van der Waals surface area (Å²) in [6, 6.07) is 6.85. The largest absolute Gasteiger partial charge is 0.345 e. The third kappa shape index (κ3) is 3.26. The lowest BCUT2D eigenvalue weighted by Gasteiger charge is -2.14. The Bertz CT molecular complexity index is 558. The first kappa shape index (κ1) is 13.0. The molecule has 0 fully saturated rings. The summed E-state index contributed by atoms with van der Waals surface area (Å²) in [5.74, 6) is 5.52. The van der Waals surface area contributed by atoms with Crippen molar-refractivity contribution in [2.75, 3.05) is 5.43 Å². The molecule has 0 saturated carbocycles. The van der Waals surface area contributed by atoms with E-state index in [1.54, 1.807) is 24.5 Å².